The topological polar surface area (TPSA) is 131 Å². The van der Waals surface area contributed by atoms with E-state index in [0.717, 1.165) is 118 Å². The van der Waals surface area contributed by atoms with Crippen molar-refractivity contribution in [2.24, 2.45) is 0 Å². The molecule has 0 saturated carbocycles. The quantitative estimate of drug-likeness (QED) is 0.0365. The first kappa shape index (κ1) is 59.3. The molecule has 1 saturated heterocycles. The maximum absolute atomic E-state index is 11.6. The van der Waals surface area contributed by atoms with E-state index in [-0.39, 0.29) is 31.3 Å². The van der Waals surface area contributed by atoms with Crippen molar-refractivity contribution in [3.8, 4) is 5.75 Å². The Labute approximate surface area is 448 Å². The summed E-state index contributed by atoms with van der Waals surface area (Å²) in [7, 11) is 1.64. The molecule has 0 aromatic heterocycles. The molecule has 0 unspecified atom stereocenters. The number of aliphatic hydroxyl groups excluding tert-OH is 1. The van der Waals surface area contributed by atoms with Gasteiger partial charge in [0, 0.05) is 0 Å². The maximum atomic E-state index is 11.6. The lowest BCUT2D eigenvalue weighted by atomic mass is 9.97. The first-order chi connectivity index (χ1) is 36.9. The number of carboxylic acids is 1. The van der Waals surface area contributed by atoms with Gasteiger partial charge >= 0.3 is 5.97 Å². The minimum Gasteiger partial charge on any atom is -0.497 e. The summed E-state index contributed by atoms with van der Waals surface area (Å²) in [6.45, 7) is 3.89. The van der Waals surface area contributed by atoms with Gasteiger partial charge in [0.05, 0.1) is 71.5 Å². The Balaban J connectivity index is 1.04. The Kier molecular flexibility index (Phi) is 28.0. The van der Waals surface area contributed by atoms with Crippen LogP contribution in [-0.4, -0.2) is 78.9 Å². The molecule has 1 heterocycles. The first-order valence-electron chi connectivity index (χ1n) is 27.9. The number of hydrogen-bond donors (Lipinski definition) is 2. The zero-order chi connectivity index (χ0) is 52.6. The Bertz CT molecular complexity index is 2200. The van der Waals surface area contributed by atoms with E-state index in [4.69, 9.17) is 37.9 Å². The lowest BCUT2D eigenvalue weighted by molar-refractivity contribution is -0.335. The van der Waals surface area contributed by atoms with Crippen molar-refractivity contribution in [3.05, 3.63) is 173 Å². The summed E-state index contributed by atoms with van der Waals surface area (Å²) in [6.07, 6.45) is 12.9. The number of carboxylic acid groups (broad SMARTS) is 1. The number of hydrogen-bond acceptors (Lipinski definition) is 10. The van der Waals surface area contributed by atoms with Gasteiger partial charge in [-0.1, -0.05) is 211 Å². The summed E-state index contributed by atoms with van der Waals surface area (Å²) in [5, 5.41) is 20.5. The van der Waals surface area contributed by atoms with Crippen molar-refractivity contribution in [2.45, 2.75) is 198 Å². The molecule has 11 heteroatoms. The summed E-state index contributed by atoms with van der Waals surface area (Å²) in [4.78, 5) is 11.6. The van der Waals surface area contributed by atoms with Crippen molar-refractivity contribution in [2.75, 3.05) is 13.7 Å². The highest BCUT2D eigenvalue weighted by molar-refractivity contribution is 5.67. The van der Waals surface area contributed by atoms with Crippen LogP contribution in [0.2, 0.25) is 0 Å². The van der Waals surface area contributed by atoms with Gasteiger partial charge in [0.25, 0.3) is 0 Å². The van der Waals surface area contributed by atoms with Gasteiger partial charge in [-0.3, -0.25) is 4.79 Å². The fourth-order valence-corrected chi connectivity index (χ4v) is 9.71. The van der Waals surface area contributed by atoms with Crippen LogP contribution >= 0.6 is 0 Å². The van der Waals surface area contributed by atoms with E-state index in [9.17, 15) is 15.0 Å². The van der Waals surface area contributed by atoms with E-state index in [1.807, 2.05) is 109 Å². The number of methoxy groups -OCH3 is 1. The van der Waals surface area contributed by atoms with Crippen LogP contribution in [0.25, 0.3) is 0 Å². The molecule has 0 bridgehead atoms. The average Bonchev–Trinajstić information content (AvgIpc) is 3.44. The van der Waals surface area contributed by atoms with Crippen molar-refractivity contribution in [1.29, 1.82) is 0 Å². The molecule has 11 nitrogen and oxygen atoms in total. The molecule has 1 aliphatic rings. The van der Waals surface area contributed by atoms with Gasteiger partial charge in [0.2, 0.25) is 0 Å². The molecule has 408 valence electrons. The fourth-order valence-electron chi connectivity index (χ4n) is 9.71. The molecule has 5 aromatic carbocycles. The average molecular weight is 1030 g/mol. The molecule has 8 atom stereocenters. The lowest BCUT2D eigenvalue weighted by Crippen LogP contribution is -2.62. The normalized spacial score (nSPS) is 18.8. The third kappa shape index (κ3) is 23.1. The van der Waals surface area contributed by atoms with E-state index in [1.54, 1.807) is 7.11 Å². The highest BCUT2D eigenvalue weighted by atomic mass is 16.7. The van der Waals surface area contributed by atoms with Crippen LogP contribution in [-0.2, 0) is 71.0 Å². The van der Waals surface area contributed by atoms with Crippen molar-refractivity contribution < 1.29 is 52.9 Å². The van der Waals surface area contributed by atoms with E-state index in [1.165, 1.54) is 18.4 Å². The largest absolute Gasteiger partial charge is 0.497 e. The Morgan fingerprint density at radius 1 is 0.480 bits per heavy atom. The van der Waals surface area contributed by atoms with Gasteiger partial charge in [-0.15, -0.1) is 0 Å². The van der Waals surface area contributed by atoms with Crippen LogP contribution in [0, 0.1) is 0 Å². The molecule has 0 spiro atoms. The summed E-state index contributed by atoms with van der Waals surface area (Å²) < 4.78 is 51.8. The number of carbonyl (C=O) groups is 1. The second kappa shape index (κ2) is 35.4. The van der Waals surface area contributed by atoms with Gasteiger partial charge < -0.3 is 48.1 Å². The van der Waals surface area contributed by atoms with Crippen molar-refractivity contribution in [3.63, 3.8) is 0 Å². The predicted molar refractivity (Wildman–Crippen MR) is 294 cm³/mol. The maximum Gasteiger partial charge on any atom is 0.305 e. The SMILES string of the molecule is COc1ccc(CO[C@H](CCCCCCCCCCC[C@@H](CCCCC[C@@H](C)OCc2ccccc2)O[C@@H]2O[C@H](CO)[C@@H](OCc3ccccc3)[C@H](OCc3ccccc3)[C@H]2OCc2ccccc2)CC(=O)O)cc1. The van der Waals surface area contributed by atoms with Gasteiger partial charge in [-0.2, -0.15) is 0 Å². The van der Waals surface area contributed by atoms with Gasteiger partial charge in [0.1, 0.15) is 30.2 Å². The van der Waals surface area contributed by atoms with Crippen LogP contribution in [0.3, 0.4) is 0 Å². The molecule has 5 aromatic rings. The predicted octanol–water partition coefficient (Wildman–Crippen LogP) is 13.8. The van der Waals surface area contributed by atoms with E-state index >= 15 is 0 Å². The van der Waals surface area contributed by atoms with E-state index in [2.05, 4.69) is 43.3 Å². The Hall–Kier alpha value is -4.95. The second-order valence-electron chi connectivity index (χ2n) is 20.2. The highest BCUT2D eigenvalue weighted by Gasteiger charge is 2.49. The molecule has 0 amide bonds. The highest BCUT2D eigenvalue weighted by Crippen LogP contribution is 2.33. The fraction of sp³-hybridized carbons (Fsp3) is 0.516. The minimum atomic E-state index is -0.829. The molecule has 1 aliphatic heterocycles. The molecule has 0 aliphatic carbocycles. The van der Waals surface area contributed by atoms with Gasteiger partial charge in [-0.25, -0.2) is 0 Å². The minimum absolute atomic E-state index is 0.0140. The number of ether oxygens (including phenoxy) is 8. The van der Waals surface area contributed by atoms with Crippen molar-refractivity contribution in [1.82, 2.24) is 0 Å². The molecule has 1 fully saturated rings. The summed E-state index contributed by atoms with van der Waals surface area (Å²) in [5.41, 5.74) is 5.25. The summed E-state index contributed by atoms with van der Waals surface area (Å²) in [6, 6.07) is 48.3. The van der Waals surface area contributed by atoms with Crippen LogP contribution in [0.1, 0.15) is 144 Å². The number of unbranched alkanes of at least 4 members (excludes halogenated alkanes) is 10. The van der Waals surface area contributed by atoms with E-state index < -0.39 is 36.7 Å². The molecule has 75 heavy (non-hydrogen) atoms. The number of aliphatic hydroxyl groups is 1. The second-order valence-corrected chi connectivity index (χ2v) is 20.2. The number of benzene rings is 5. The zero-order valence-electron chi connectivity index (χ0n) is 44.8. The smallest absolute Gasteiger partial charge is 0.305 e. The summed E-state index contributed by atoms with van der Waals surface area (Å²) >= 11 is 0. The van der Waals surface area contributed by atoms with Gasteiger partial charge in [0.15, 0.2) is 6.29 Å². The van der Waals surface area contributed by atoms with E-state index in [0.29, 0.717) is 33.0 Å². The zero-order valence-corrected chi connectivity index (χ0v) is 44.8. The lowest BCUT2D eigenvalue weighted by Gasteiger charge is -2.46. The van der Waals surface area contributed by atoms with Crippen molar-refractivity contribution >= 4 is 5.97 Å². The number of aliphatic carboxylic acids is 1. The monoisotopic (exact) mass is 1030 g/mol. The van der Waals surface area contributed by atoms with Crippen LogP contribution in [0.15, 0.2) is 146 Å². The summed E-state index contributed by atoms with van der Waals surface area (Å²) in [5.74, 6) is -0.0457. The molecular formula is C64H86O11. The Morgan fingerprint density at radius 3 is 1.36 bits per heavy atom. The van der Waals surface area contributed by atoms with Gasteiger partial charge in [-0.05, 0) is 72.6 Å². The third-order valence-electron chi connectivity index (χ3n) is 14.1. The Morgan fingerprint density at radius 2 is 0.880 bits per heavy atom. The molecule has 2 N–H and O–H groups in total. The number of rotatable bonds is 39. The molecule has 6 rings (SSSR count). The van der Waals surface area contributed by atoms with Crippen LogP contribution in [0.5, 0.6) is 5.75 Å². The third-order valence-corrected chi connectivity index (χ3v) is 14.1. The first-order valence-corrected chi connectivity index (χ1v) is 27.9. The molecule has 0 radical (unpaired) electrons. The van der Waals surface area contributed by atoms with Crippen LogP contribution < -0.4 is 4.74 Å². The molecular weight excluding hydrogens is 945 g/mol. The standard InChI is InChI=1S/C64H86O11/c1-50(69-45-51-28-16-11-17-29-51)27-15-10-26-37-57(36-24-8-6-4-3-5-7-9-25-38-58(43-60(66)67)70-46-55-39-41-56(68-2)42-40-55)74-64-63(73-49-54-34-22-14-23-35-54)62(72-48-53-32-20-13-21-33-53)61(59(44-65)75-64)71-47-52-30-18-12-19-31-52/h11-14,16-23,28-35,39-42,50,57-59,61-65H,3-10,15,24-27,36-38,43-49H2,1-2H3,(H,66,67)/t50-,57+,58-,59-,61-,62+,63-,64-/m1/s1. The van der Waals surface area contributed by atoms with Crippen LogP contribution in [0.4, 0.5) is 0 Å².